The zero-order valence-electron chi connectivity index (χ0n) is 14.8. The summed E-state index contributed by atoms with van der Waals surface area (Å²) in [5.74, 6) is 0.738. The van der Waals surface area contributed by atoms with Crippen molar-refractivity contribution in [2.45, 2.75) is 26.7 Å². The summed E-state index contributed by atoms with van der Waals surface area (Å²) in [5.41, 5.74) is 3.40. The summed E-state index contributed by atoms with van der Waals surface area (Å²) < 4.78 is 1.90. The number of nitrogens with zero attached hydrogens (tertiary/aromatic N) is 2. The molecule has 4 rings (SSSR count). The number of rotatable bonds is 3. The molecule has 0 spiro atoms. The predicted octanol–water partition coefficient (Wildman–Crippen LogP) is 5.42. The van der Waals surface area contributed by atoms with Crippen molar-refractivity contribution < 1.29 is 4.79 Å². The first-order valence-corrected chi connectivity index (χ1v) is 9.04. The van der Waals surface area contributed by atoms with Gasteiger partial charge in [0.25, 0.3) is 0 Å². The first kappa shape index (κ1) is 16.9. The van der Waals surface area contributed by atoms with Gasteiger partial charge in [0.1, 0.15) is 0 Å². The maximum atomic E-state index is 12.9. The van der Waals surface area contributed by atoms with Gasteiger partial charge in [0.05, 0.1) is 16.9 Å². The number of benzene rings is 2. The molecule has 0 saturated heterocycles. The van der Waals surface area contributed by atoms with Gasteiger partial charge >= 0.3 is 0 Å². The number of para-hydroxylation sites is 1. The molecular weight excluding hydrogens is 346 g/mol. The third kappa shape index (κ3) is 3.13. The summed E-state index contributed by atoms with van der Waals surface area (Å²) in [7, 11) is 0. The molecule has 0 aliphatic heterocycles. The van der Waals surface area contributed by atoms with E-state index in [0.29, 0.717) is 22.8 Å². The predicted molar refractivity (Wildman–Crippen MR) is 105 cm³/mol. The van der Waals surface area contributed by atoms with Crippen LogP contribution in [0.5, 0.6) is 0 Å². The first-order valence-electron chi connectivity index (χ1n) is 8.66. The van der Waals surface area contributed by atoms with Gasteiger partial charge in [0.15, 0.2) is 11.6 Å². The van der Waals surface area contributed by atoms with Crippen LogP contribution in [0.4, 0.5) is 11.5 Å². The van der Waals surface area contributed by atoms with Crippen LogP contribution in [0.15, 0.2) is 54.6 Å². The summed E-state index contributed by atoms with van der Waals surface area (Å²) in [5, 5.41) is 8.71. The number of fused-ring (bicyclic) bond motifs is 1. The lowest BCUT2D eigenvalue weighted by atomic mass is 9.76. The van der Waals surface area contributed by atoms with Crippen molar-refractivity contribution in [2.75, 3.05) is 5.32 Å². The minimum absolute atomic E-state index is 0.0752. The highest BCUT2D eigenvalue weighted by Gasteiger charge is 2.36. The Balaban J connectivity index is 1.84. The van der Waals surface area contributed by atoms with Crippen LogP contribution in [0.1, 0.15) is 36.3 Å². The Morgan fingerprint density at radius 2 is 1.73 bits per heavy atom. The molecule has 5 heteroatoms. The van der Waals surface area contributed by atoms with Crippen molar-refractivity contribution in [3.63, 3.8) is 0 Å². The molecule has 0 amide bonds. The van der Waals surface area contributed by atoms with Gasteiger partial charge in [-0.25, -0.2) is 4.68 Å². The van der Waals surface area contributed by atoms with Crippen LogP contribution in [0, 0.1) is 5.41 Å². The Labute approximate surface area is 157 Å². The highest BCUT2D eigenvalue weighted by Crippen LogP contribution is 2.39. The lowest BCUT2D eigenvalue weighted by Gasteiger charge is -2.29. The minimum atomic E-state index is -0.0752. The largest absolute Gasteiger partial charge is 0.338 e. The van der Waals surface area contributed by atoms with Crippen molar-refractivity contribution in [2.24, 2.45) is 5.41 Å². The Hall–Kier alpha value is -2.59. The first-order chi connectivity index (χ1) is 12.4. The third-order valence-electron chi connectivity index (χ3n) is 4.65. The molecule has 1 aliphatic carbocycles. The van der Waals surface area contributed by atoms with Crippen LogP contribution in [0.3, 0.4) is 0 Å². The molecule has 1 aromatic heterocycles. The number of carbonyl (C=O) groups excluding carboxylic acids is 1. The van der Waals surface area contributed by atoms with Gasteiger partial charge < -0.3 is 5.32 Å². The summed E-state index contributed by atoms with van der Waals surface area (Å²) in [4.78, 5) is 12.9. The second-order valence-corrected chi connectivity index (χ2v) is 7.93. The maximum absolute atomic E-state index is 12.9. The summed E-state index contributed by atoms with van der Waals surface area (Å²) in [6, 6.07) is 17.3. The molecule has 1 heterocycles. The summed E-state index contributed by atoms with van der Waals surface area (Å²) in [6.45, 7) is 4.25. The fraction of sp³-hybridized carbons (Fsp3) is 0.238. The number of aromatic nitrogens is 2. The van der Waals surface area contributed by atoms with Crippen LogP contribution >= 0.6 is 11.6 Å². The van der Waals surface area contributed by atoms with Crippen molar-refractivity contribution in [3.8, 4) is 5.69 Å². The molecule has 0 atom stereocenters. The number of carbonyl (C=O) groups is 1. The Morgan fingerprint density at radius 3 is 2.42 bits per heavy atom. The zero-order chi connectivity index (χ0) is 18.3. The number of Topliss-reactive ketones (excluding diaryl/α,β-unsaturated/α-hetero) is 1. The molecule has 4 nitrogen and oxygen atoms in total. The second-order valence-electron chi connectivity index (χ2n) is 7.49. The van der Waals surface area contributed by atoms with Gasteiger partial charge in [-0.1, -0.05) is 43.6 Å². The number of nitrogens with one attached hydrogen (secondary N) is 1. The molecule has 26 heavy (non-hydrogen) atoms. The van der Waals surface area contributed by atoms with Gasteiger partial charge in [-0.15, -0.1) is 5.10 Å². The molecule has 1 aliphatic rings. The number of ketones is 1. The average molecular weight is 366 g/mol. The topological polar surface area (TPSA) is 46.9 Å². The number of hydrogen-bond donors (Lipinski definition) is 1. The molecule has 3 aromatic rings. The van der Waals surface area contributed by atoms with Gasteiger partial charge in [-0.2, -0.15) is 0 Å². The number of hydrogen-bond acceptors (Lipinski definition) is 3. The smallest absolute Gasteiger partial charge is 0.169 e. The van der Waals surface area contributed by atoms with Gasteiger partial charge in [-0.05, 0) is 48.2 Å². The van der Waals surface area contributed by atoms with Crippen LogP contribution in [0.2, 0.25) is 5.02 Å². The van der Waals surface area contributed by atoms with Gasteiger partial charge in [0, 0.05) is 17.1 Å². The zero-order valence-corrected chi connectivity index (χ0v) is 15.5. The Bertz CT molecular complexity index is 959. The summed E-state index contributed by atoms with van der Waals surface area (Å²) >= 11 is 5.97. The molecule has 0 fully saturated rings. The lowest BCUT2D eigenvalue weighted by molar-refractivity contribution is 0.0912. The van der Waals surface area contributed by atoms with E-state index in [0.717, 1.165) is 23.5 Å². The third-order valence-corrected chi connectivity index (χ3v) is 4.90. The van der Waals surface area contributed by atoms with Gasteiger partial charge in [-0.3, -0.25) is 4.79 Å². The molecule has 1 N–H and O–H groups in total. The lowest BCUT2D eigenvalue weighted by Crippen LogP contribution is -2.28. The molecule has 132 valence electrons. The maximum Gasteiger partial charge on any atom is 0.169 e. The van der Waals surface area contributed by atoms with Crippen molar-refractivity contribution in [3.05, 3.63) is 70.9 Å². The van der Waals surface area contributed by atoms with Crippen LogP contribution < -0.4 is 5.32 Å². The normalized spacial score (nSPS) is 15.6. The molecule has 0 bridgehead atoms. The van der Waals surface area contributed by atoms with E-state index in [1.165, 1.54) is 0 Å². The fourth-order valence-electron chi connectivity index (χ4n) is 3.49. The fourth-order valence-corrected chi connectivity index (χ4v) is 3.61. The molecule has 2 aromatic carbocycles. The van der Waals surface area contributed by atoms with E-state index >= 15 is 0 Å². The highest BCUT2D eigenvalue weighted by molar-refractivity contribution is 6.30. The van der Waals surface area contributed by atoms with E-state index < -0.39 is 0 Å². The van der Waals surface area contributed by atoms with Gasteiger partial charge in [0.2, 0.25) is 0 Å². The second kappa shape index (κ2) is 6.29. The standard InChI is InChI=1S/C21H20ClN3O/c1-21(2)12-17-19(18(26)13-21)20(23-15-10-8-14(22)9-11-15)24-25(17)16-6-4-3-5-7-16/h3-11H,12-13H2,1-2H3,(H,23,24). The van der Waals surface area contributed by atoms with Crippen molar-refractivity contribution in [1.29, 1.82) is 0 Å². The molecule has 0 radical (unpaired) electrons. The monoisotopic (exact) mass is 365 g/mol. The number of anilines is 2. The molecule has 0 unspecified atom stereocenters. The molecular formula is C21H20ClN3O. The average Bonchev–Trinajstić information content (AvgIpc) is 2.95. The van der Waals surface area contributed by atoms with E-state index in [9.17, 15) is 4.79 Å². The van der Waals surface area contributed by atoms with Crippen LogP contribution in [-0.4, -0.2) is 15.6 Å². The van der Waals surface area contributed by atoms with E-state index in [1.54, 1.807) is 0 Å². The number of halogens is 1. The Kier molecular flexibility index (Phi) is 4.08. The highest BCUT2D eigenvalue weighted by atomic mass is 35.5. The summed E-state index contributed by atoms with van der Waals surface area (Å²) in [6.07, 6.45) is 1.33. The van der Waals surface area contributed by atoms with E-state index in [-0.39, 0.29) is 11.2 Å². The molecule has 0 saturated carbocycles. The van der Waals surface area contributed by atoms with E-state index in [4.69, 9.17) is 16.7 Å². The quantitative estimate of drug-likeness (QED) is 0.673. The minimum Gasteiger partial charge on any atom is -0.338 e. The van der Waals surface area contributed by atoms with Crippen molar-refractivity contribution >= 4 is 28.9 Å². The Morgan fingerprint density at radius 1 is 1.04 bits per heavy atom. The van der Waals surface area contributed by atoms with Crippen molar-refractivity contribution in [1.82, 2.24) is 9.78 Å². The van der Waals surface area contributed by atoms with E-state index in [2.05, 4.69) is 19.2 Å². The van der Waals surface area contributed by atoms with Crippen LogP contribution in [-0.2, 0) is 6.42 Å². The SMILES string of the molecule is CC1(C)CC(=O)c2c(Nc3ccc(Cl)cc3)nn(-c3ccccc3)c2C1. The van der Waals surface area contributed by atoms with E-state index in [1.807, 2.05) is 59.3 Å². The van der Waals surface area contributed by atoms with Crippen LogP contribution in [0.25, 0.3) is 5.69 Å².